The molecule has 0 bridgehead atoms. The molecule has 1 aliphatic rings. The summed E-state index contributed by atoms with van der Waals surface area (Å²) in [5.74, 6) is 0.868. The first kappa shape index (κ1) is 15.3. The second-order valence-electron chi connectivity index (χ2n) is 5.59. The quantitative estimate of drug-likeness (QED) is 0.645. The number of carbonyl (C=O) groups is 1. The van der Waals surface area contributed by atoms with Crippen molar-refractivity contribution in [2.45, 2.75) is 26.2 Å². The molecule has 1 saturated carbocycles. The third-order valence-corrected chi connectivity index (χ3v) is 4.30. The van der Waals surface area contributed by atoms with Crippen molar-refractivity contribution < 1.29 is 9.72 Å². The molecule has 6 heteroatoms. The van der Waals surface area contributed by atoms with Crippen LogP contribution < -0.4 is 10.6 Å². The molecule has 0 aromatic heterocycles. The van der Waals surface area contributed by atoms with E-state index in [0.717, 1.165) is 6.42 Å². The lowest BCUT2D eigenvalue weighted by atomic mass is 9.98. The third kappa shape index (κ3) is 3.32. The molecule has 114 valence electrons. The number of anilines is 1. The summed E-state index contributed by atoms with van der Waals surface area (Å²) in [7, 11) is 1.58. The molecule has 0 spiro atoms. The monoisotopic (exact) mass is 291 g/mol. The lowest BCUT2D eigenvalue weighted by Crippen LogP contribution is -2.30. The van der Waals surface area contributed by atoms with Gasteiger partial charge in [-0.2, -0.15) is 0 Å². The van der Waals surface area contributed by atoms with Gasteiger partial charge in [-0.1, -0.05) is 25.8 Å². The van der Waals surface area contributed by atoms with Crippen molar-refractivity contribution >= 4 is 17.3 Å². The number of amides is 1. The van der Waals surface area contributed by atoms with Gasteiger partial charge in [0.05, 0.1) is 10.5 Å². The second kappa shape index (κ2) is 6.56. The molecule has 2 rings (SSSR count). The third-order valence-electron chi connectivity index (χ3n) is 4.30. The maximum absolute atomic E-state index is 12.3. The van der Waals surface area contributed by atoms with Crippen molar-refractivity contribution in [2.24, 2.45) is 11.8 Å². The smallest absolute Gasteiger partial charge is 0.293 e. The van der Waals surface area contributed by atoms with E-state index in [2.05, 4.69) is 17.6 Å². The molecule has 2 atom stereocenters. The molecule has 1 amide bonds. The average Bonchev–Trinajstić information content (AvgIpc) is 2.89. The molecule has 0 aliphatic heterocycles. The highest BCUT2D eigenvalue weighted by Gasteiger charge is 2.25. The van der Waals surface area contributed by atoms with Crippen molar-refractivity contribution in [1.82, 2.24) is 5.32 Å². The summed E-state index contributed by atoms with van der Waals surface area (Å²) >= 11 is 0. The van der Waals surface area contributed by atoms with Crippen molar-refractivity contribution in [2.75, 3.05) is 18.9 Å². The Morgan fingerprint density at radius 2 is 2.19 bits per heavy atom. The van der Waals surface area contributed by atoms with Gasteiger partial charge < -0.3 is 10.6 Å². The Morgan fingerprint density at radius 1 is 1.43 bits per heavy atom. The number of hydrogen-bond acceptors (Lipinski definition) is 4. The van der Waals surface area contributed by atoms with Crippen LogP contribution in [0.1, 0.15) is 36.5 Å². The van der Waals surface area contributed by atoms with Crippen LogP contribution in [0.15, 0.2) is 18.2 Å². The summed E-state index contributed by atoms with van der Waals surface area (Å²) in [5.41, 5.74) is 0.496. The molecule has 2 unspecified atom stereocenters. The predicted octanol–water partition coefficient (Wildman–Crippen LogP) is 2.80. The number of carbonyl (C=O) groups excluding carboxylic acids is 1. The SMILES string of the molecule is CNc1c(C(=O)NCC2CCCC2C)cccc1[N+](=O)[O-]. The zero-order valence-electron chi connectivity index (χ0n) is 12.4. The van der Waals surface area contributed by atoms with Crippen LogP contribution in [0.5, 0.6) is 0 Å². The minimum atomic E-state index is -0.484. The predicted molar refractivity (Wildman–Crippen MR) is 81.5 cm³/mol. The molecule has 21 heavy (non-hydrogen) atoms. The van der Waals surface area contributed by atoms with Crippen LogP contribution >= 0.6 is 0 Å². The number of nitrogens with zero attached hydrogens (tertiary/aromatic N) is 1. The van der Waals surface area contributed by atoms with Crippen molar-refractivity contribution in [3.05, 3.63) is 33.9 Å². The Labute approximate surface area is 124 Å². The number of nitrogens with one attached hydrogen (secondary N) is 2. The molecule has 2 N–H and O–H groups in total. The van der Waals surface area contributed by atoms with E-state index in [4.69, 9.17) is 0 Å². The highest BCUT2D eigenvalue weighted by atomic mass is 16.6. The Kier molecular flexibility index (Phi) is 4.77. The molecule has 0 heterocycles. The van der Waals surface area contributed by atoms with Gasteiger partial charge >= 0.3 is 0 Å². The van der Waals surface area contributed by atoms with Crippen molar-refractivity contribution in [1.29, 1.82) is 0 Å². The van der Waals surface area contributed by atoms with Gasteiger partial charge in [-0.25, -0.2) is 0 Å². The van der Waals surface area contributed by atoms with Crippen LogP contribution in [0.4, 0.5) is 11.4 Å². The van der Waals surface area contributed by atoms with E-state index in [0.29, 0.717) is 23.9 Å². The fraction of sp³-hybridized carbons (Fsp3) is 0.533. The maximum atomic E-state index is 12.3. The lowest BCUT2D eigenvalue weighted by Gasteiger charge is -2.16. The molecule has 1 aromatic carbocycles. The van der Waals surface area contributed by atoms with Crippen molar-refractivity contribution in [3.8, 4) is 0 Å². The van der Waals surface area contributed by atoms with E-state index < -0.39 is 4.92 Å². The number of benzene rings is 1. The highest BCUT2D eigenvalue weighted by Crippen LogP contribution is 2.31. The topological polar surface area (TPSA) is 84.3 Å². The van der Waals surface area contributed by atoms with Crippen LogP contribution in [-0.2, 0) is 0 Å². The average molecular weight is 291 g/mol. The summed E-state index contributed by atoms with van der Waals surface area (Å²) in [4.78, 5) is 22.8. The van der Waals surface area contributed by atoms with E-state index in [-0.39, 0.29) is 17.3 Å². The Morgan fingerprint density at radius 3 is 2.76 bits per heavy atom. The van der Waals surface area contributed by atoms with Gasteiger partial charge in [0.25, 0.3) is 11.6 Å². The molecular formula is C15H21N3O3. The fourth-order valence-electron chi connectivity index (χ4n) is 2.99. The van der Waals surface area contributed by atoms with Gasteiger partial charge in [-0.15, -0.1) is 0 Å². The van der Waals surface area contributed by atoms with Crippen LogP contribution in [0, 0.1) is 22.0 Å². The normalized spacial score (nSPS) is 21.0. The van der Waals surface area contributed by atoms with E-state index in [1.54, 1.807) is 13.1 Å². The second-order valence-corrected chi connectivity index (χ2v) is 5.59. The van der Waals surface area contributed by atoms with E-state index in [9.17, 15) is 14.9 Å². The van der Waals surface area contributed by atoms with Crippen LogP contribution in [0.3, 0.4) is 0 Å². The summed E-state index contributed by atoms with van der Waals surface area (Å²) in [6.45, 7) is 2.84. The summed E-state index contributed by atoms with van der Waals surface area (Å²) in [6, 6.07) is 4.53. The summed E-state index contributed by atoms with van der Waals surface area (Å²) in [6.07, 6.45) is 3.55. The van der Waals surface area contributed by atoms with E-state index >= 15 is 0 Å². The minimum absolute atomic E-state index is 0.0839. The van der Waals surface area contributed by atoms with Gasteiger partial charge in [0.15, 0.2) is 0 Å². The van der Waals surface area contributed by atoms with Gasteiger partial charge in [0.1, 0.15) is 5.69 Å². The van der Waals surface area contributed by atoms with Crippen LogP contribution in [-0.4, -0.2) is 24.4 Å². The van der Waals surface area contributed by atoms with Crippen LogP contribution in [0.25, 0.3) is 0 Å². The van der Waals surface area contributed by atoms with Crippen molar-refractivity contribution in [3.63, 3.8) is 0 Å². The lowest BCUT2D eigenvalue weighted by molar-refractivity contribution is -0.384. The zero-order valence-corrected chi connectivity index (χ0v) is 12.4. The van der Waals surface area contributed by atoms with Gasteiger partial charge in [0.2, 0.25) is 0 Å². The highest BCUT2D eigenvalue weighted by molar-refractivity contribution is 6.01. The number of para-hydroxylation sites is 1. The van der Waals surface area contributed by atoms with E-state index in [1.165, 1.54) is 25.0 Å². The first-order chi connectivity index (χ1) is 10.0. The van der Waals surface area contributed by atoms with E-state index in [1.807, 2.05) is 0 Å². The Bertz CT molecular complexity index is 545. The first-order valence-electron chi connectivity index (χ1n) is 7.28. The molecule has 1 aromatic rings. The molecular weight excluding hydrogens is 270 g/mol. The standard InChI is InChI=1S/C15H21N3O3/c1-10-5-3-6-11(10)9-17-15(19)12-7-4-8-13(18(20)21)14(12)16-2/h4,7-8,10-11,16H,3,5-6,9H2,1-2H3,(H,17,19). The maximum Gasteiger partial charge on any atom is 0.293 e. The number of nitro benzene ring substituents is 1. The number of nitro groups is 1. The number of rotatable bonds is 5. The molecule has 0 saturated heterocycles. The number of hydrogen-bond donors (Lipinski definition) is 2. The van der Waals surface area contributed by atoms with Gasteiger partial charge in [-0.3, -0.25) is 14.9 Å². The molecule has 1 fully saturated rings. The zero-order chi connectivity index (χ0) is 15.4. The first-order valence-corrected chi connectivity index (χ1v) is 7.28. The largest absolute Gasteiger partial charge is 0.382 e. The molecule has 0 radical (unpaired) electrons. The van der Waals surface area contributed by atoms with Gasteiger partial charge in [0, 0.05) is 19.7 Å². The van der Waals surface area contributed by atoms with Gasteiger partial charge in [-0.05, 0) is 24.3 Å². The van der Waals surface area contributed by atoms with Crippen LogP contribution in [0.2, 0.25) is 0 Å². The Balaban J connectivity index is 2.11. The Hall–Kier alpha value is -2.11. The summed E-state index contributed by atoms with van der Waals surface area (Å²) in [5, 5.41) is 16.7. The molecule has 6 nitrogen and oxygen atoms in total. The summed E-state index contributed by atoms with van der Waals surface area (Å²) < 4.78 is 0. The fourth-order valence-corrected chi connectivity index (χ4v) is 2.99. The minimum Gasteiger partial charge on any atom is -0.382 e. The molecule has 1 aliphatic carbocycles.